The molecule has 3 N–H and O–H groups in total. The van der Waals surface area contributed by atoms with E-state index in [1.54, 1.807) is 47.0 Å². The number of aromatic nitrogens is 2. The molecule has 0 aliphatic carbocycles. The van der Waals surface area contributed by atoms with E-state index in [-0.39, 0.29) is 11.4 Å². The first-order chi connectivity index (χ1) is 17.9. The number of nitrogens with zero attached hydrogens (tertiary/aromatic N) is 1. The quantitative estimate of drug-likeness (QED) is 0.131. The van der Waals surface area contributed by atoms with E-state index < -0.39 is 0 Å². The summed E-state index contributed by atoms with van der Waals surface area (Å²) in [6.45, 7) is 7.87. The molecule has 0 unspecified atom stereocenters. The van der Waals surface area contributed by atoms with Crippen LogP contribution in [0.4, 0.5) is 4.39 Å². The number of thioether (sulfide) groups is 2. The summed E-state index contributed by atoms with van der Waals surface area (Å²) in [6, 6.07) is 20.4. The Morgan fingerprint density at radius 1 is 1.08 bits per heavy atom. The SMILES string of the molecule is C/C=C(\SC)c1ccc(-c2nc(SCc3ccccc3)[nH]c(=O)c2C)s1.CC.NSc1ccc(F)cc1. The molecule has 0 saturated carbocycles. The van der Waals surface area contributed by atoms with Gasteiger partial charge in [-0.1, -0.05) is 62.0 Å². The van der Waals surface area contributed by atoms with Crippen molar-refractivity contribution in [2.75, 3.05) is 6.26 Å². The van der Waals surface area contributed by atoms with E-state index in [4.69, 9.17) is 10.1 Å². The molecule has 0 amide bonds. The van der Waals surface area contributed by atoms with Crippen LogP contribution in [0.2, 0.25) is 0 Å². The smallest absolute Gasteiger partial charge is 0.255 e. The zero-order chi connectivity index (χ0) is 27.2. The number of rotatable bonds is 7. The first-order valence-electron chi connectivity index (χ1n) is 11.7. The molecule has 0 radical (unpaired) electrons. The number of hydrogen-bond acceptors (Lipinski definition) is 7. The highest BCUT2D eigenvalue weighted by atomic mass is 32.2. The molecule has 196 valence electrons. The van der Waals surface area contributed by atoms with Crippen LogP contribution in [-0.4, -0.2) is 16.2 Å². The lowest BCUT2D eigenvalue weighted by Crippen LogP contribution is -2.13. The van der Waals surface area contributed by atoms with Crippen molar-refractivity contribution in [3.05, 3.63) is 105 Å². The van der Waals surface area contributed by atoms with Crippen molar-refractivity contribution >= 4 is 51.7 Å². The summed E-state index contributed by atoms with van der Waals surface area (Å²) in [7, 11) is 0. The molecule has 2 aromatic carbocycles. The van der Waals surface area contributed by atoms with Gasteiger partial charge in [-0.25, -0.2) is 9.37 Å². The van der Waals surface area contributed by atoms with E-state index in [1.165, 1.54) is 27.5 Å². The molecule has 0 bridgehead atoms. The van der Waals surface area contributed by atoms with Gasteiger partial charge in [-0.05, 0) is 74.0 Å². The molecule has 4 rings (SSSR count). The third kappa shape index (κ3) is 9.50. The molecule has 4 nitrogen and oxygen atoms in total. The summed E-state index contributed by atoms with van der Waals surface area (Å²) in [5.41, 5.74) is 2.57. The molecule has 2 heterocycles. The molecular weight excluding hydrogens is 542 g/mol. The summed E-state index contributed by atoms with van der Waals surface area (Å²) in [5.74, 6) is 0.546. The lowest BCUT2D eigenvalue weighted by Gasteiger charge is -2.06. The highest BCUT2D eigenvalue weighted by molar-refractivity contribution is 8.07. The number of hydrogen-bond donors (Lipinski definition) is 2. The third-order valence-corrected chi connectivity index (χ3v) is 8.50. The molecule has 0 spiro atoms. The van der Waals surface area contributed by atoms with Crippen molar-refractivity contribution in [3.8, 4) is 10.6 Å². The second kappa shape index (κ2) is 16.5. The van der Waals surface area contributed by atoms with Crippen molar-refractivity contribution in [2.24, 2.45) is 5.14 Å². The van der Waals surface area contributed by atoms with Crippen LogP contribution in [-0.2, 0) is 5.75 Å². The minimum absolute atomic E-state index is 0.0726. The maximum atomic E-state index is 12.4. The van der Waals surface area contributed by atoms with Crippen LogP contribution >= 0.6 is 46.8 Å². The second-order valence-corrected chi connectivity index (χ2v) is 10.8. The Bertz CT molecular complexity index is 1320. The number of nitrogens with one attached hydrogen (secondary N) is 1. The van der Waals surface area contributed by atoms with Crippen molar-refractivity contribution < 1.29 is 4.39 Å². The van der Waals surface area contributed by atoms with Crippen molar-refractivity contribution in [1.82, 2.24) is 9.97 Å². The van der Waals surface area contributed by atoms with E-state index >= 15 is 0 Å². The van der Waals surface area contributed by atoms with Gasteiger partial charge in [0.1, 0.15) is 5.82 Å². The Morgan fingerprint density at radius 2 is 1.76 bits per heavy atom. The van der Waals surface area contributed by atoms with E-state index in [1.807, 2.05) is 45.9 Å². The fourth-order valence-corrected chi connectivity index (χ4v) is 6.03. The van der Waals surface area contributed by atoms with Gasteiger partial charge in [0.25, 0.3) is 5.56 Å². The summed E-state index contributed by atoms with van der Waals surface area (Å²) in [4.78, 5) is 24.3. The van der Waals surface area contributed by atoms with Crippen LogP contribution < -0.4 is 10.7 Å². The Labute approximate surface area is 235 Å². The van der Waals surface area contributed by atoms with Gasteiger partial charge in [0.15, 0.2) is 5.16 Å². The number of halogens is 1. The zero-order valence-electron chi connectivity index (χ0n) is 21.6. The number of H-pyrrole nitrogens is 1. The van der Waals surface area contributed by atoms with Gasteiger partial charge in [0.2, 0.25) is 0 Å². The van der Waals surface area contributed by atoms with Gasteiger partial charge >= 0.3 is 0 Å². The van der Waals surface area contributed by atoms with Crippen molar-refractivity contribution in [2.45, 2.75) is 43.5 Å². The third-order valence-electron chi connectivity index (χ3n) is 4.86. The summed E-state index contributed by atoms with van der Waals surface area (Å²) < 4.78 is 12.2. The van der Waals surface area contributed by atoms with Crippen molar-refractivity contribution in [3.63, 3.8) is 0 Å². The molecule has 37 heavy (non-hydrogen) atoms. The summed E-state index contributed by atoms with van der Waals surface area (Å²) in [6.07, 6.45) is 4.18. The van der Waals surface area contributed by atoms with E-state index in [0.29, 0.717) is 10.7 Å². The molecule has 0 aliphatic rings. The predicted molar refractivity (Wildman–Crippen MR) is 164 cm³/mol. The topological polar surface area (TPSA) is 71.8 Å². The molecule has 0 aliphatic heterocycles. The van der Waals surface area contributed by atoms with Gasteiger partial charge in [0.05, 0.1) is 10.6 Å². The second-order valence-electron chi connectivity index (χ2n) is 7.21. The van der Waals surface area contributed by atoms with Crippen LogP contribution in [0.15, 0.2) is 87.7 Å². The van der Waals surface area contributed by atoms with E-state index in [9.17, 15) is 9.18 Å². The minimum atomic E-state index is -0.229. The maximum absolute atomic E-state index is 12.4. The lowest BCUT2D eigenvalue weighted by atomic mass is 10.2. The lowest BCUT2D eigenvalue weighted by molar-refractivity contribution is 0.626. The summed E-state index contributed by atoms with van der Waals surface area (Å²) in [5, 5.41) is 5.85. The van der Waals surface area contributed by atoms with Gasteiger partial charge in [-0.3, -0.25) is 9.93 Å². The Kier molecular flexibility index (Phi) is 13.8. The maximum Gasteiger partial charge on any atom is 0.255 e. The molecule has 4 aromatic rings. The summed E-state index contributed by atoms with van der Waals surface area (Å²) >= 11 is 6.06. The first-order valence-corrected chi connectivity index (χ1v) is 15.6. The van der Waals surface area contributed by atoms with Crippen LogP contribution in [0.25, 0.3) is 15.5 Å². The van der Waals surface area contributed by atoms with Crippen LogP contribution in [0.1, 0.15) is 36.8 Å². The molecular formula is C28H32FN3OS4. The number of benzene rings is 2. The van der Waals surface area contributed by atoms with Gasteiger partial charge in [-0.2, -0.15) is 0 Å². The fraction of sp³-hybridized carbons (Fsp3) is 0.214. The Balaban J connectivity index is 0.000000367. The first kappa shape index (κ1) is 30.9. The Hall–Kier alpha value is -2.30. The molecule has 2 aromatic heterocycles. The number of nitrogens with two attached hydrogens (primary N) is 1. The number of aromatic amines is 1. The van der Waals surface area contributed by atoms with E-state index in [2.05, 4.69) is 41.6 Å². The molecule has 9 heteroatoms. The number of thiophene rings is 1. The van der Waals surface area contributed by atoms with Crippen LogP contribution in [0.5, 0.6) is 0 Å². The average molecular weight is 574 g/mol. The number of allylic oxidation sites excluding steroid dienone is 1. The van der Waals surface area contributed by atoms with Gasteiger partial charge < -0.3 is 4.98 Å². The highest BCUT2D eigenvalue weighted by Crippen LogP contribution is 2.36. The zero-order valence-corrected chi connectivity index (χ0v) is 24.8. The molecule has 0 atom stereocenters. The largest absolute Gasteiger partial charge is 0.301 e. The van der Waals surface area contributed by atoms with Crippen molar-refractivity contribution in [1.29, 1.82) is 0 Å². The van der Waals surface area contributed by atoms with Crippen LogP contribution in [0.3, 0.4) is 0 Å². The van der Waals surface area contributed by atoms with Gasteiger partial charge in [0, 0.05) is 26.0 Å². The predicted octanol–water partition coefficient (Wildman–Crippen LogP) is 8.64. The normalized spacial score (nSPS) is 10.7. The molecule has 0 saturated heterocycles. The standard InChI is InChI=1S/C20H20N2OS3.C6H6FNS.C2H6/c1-4-15(24-3)16-10-11-17(26-16)18-13(2)19(23)22-20(21-18)25-12-14-8-6-5-7-9-14;7-5-1-3-6(9-8)4-2-5;1-2/h4-11H,12H2,1-3H3,(H,21,22,23);1-4H,8H2;1-2H3/b15-4-;;. The monoisotopic (exact) mass is 573 g/mol. The average Bonchev–Trinajstić information content (AvgIpc) is 3.42. The fourth-order valence-electron chi connectivity index (χ4n) is 3.02. The highest BCUT2D eigenvalue weighted by Gasteiger charge is 2.14. The van der Waals surface area contributed by atoms with Crippen LogP contribution in [0, 0.1) is 12.7 Å². The van der Waals surface area contributed by atoms with Gasteiger partial charge in [-0.15, -0.1) is 23.1 Å². The van der Waals surface area contributed by atoms with E-state index in [0.717, 1.165) is 33.2 Å². The minimum Gasteiger partial charge on any atom is -0.301 e. The molecule has 0 fully saturated rings. The Morgan fingerprint density at radius 3 is 2.35 bits per heavy atom.